The number of aromatic amines is 1. The third-order valence-electron chi connectivity index (χ3n) is 4.50. The Labute approximate surface area is 184 Å². The Balaban J connectivity index is 1.86. The number of amides is 1. The first kappa shape index (κ1) is 24.3. The maximum Gasteiger partial charge on any atom is 0.326 e. The van der Waals surface area contributed by atoms with Gasteiger partial charge >= 0.3 is 5.97 Å². The summed E-state index contributed by atoms with van der Waals surface area (Å²) in [5.74, 6) is -1.58. The van der Waals surface area contributed by atoms with E-state index in [0.29, 0.717) is 24.1 Å². The number of nitrogens with two attached hydrogens (primary N) is 1. The van der Waals surface area contributed by atoms with Crippen molar-refractivity contribution in [3.63, 3.8) is 0 Å². The molecule has 0 radical (unpaired) electrons. The van der Waals surface area contributed by atoms with Gasteiger partial charge in [0.25, 0.3) is 11.5 Å². The summed E-state index contributed by atoms with van der Waals surface area (Å²) >= 11 is 0. The molecule has 0 bridgehead atoms. The molecule has 0 saturated carbocycles. The fourth-order valence-electron chi connectivity index (χ4n) is 2.68. The second kappa shape index (κ2) is 11.4. The normalized spacial score (nSPS) is 11.8. The van der Waals surface area contributed by atoms with Gasteiger partial charge in [-0.25, -0.2) is 9.79 Å². The Morgan fingerprint density at radius 3 is 2.59 bits per heavy atom. The smallest absolute Gasteiger partial charge is 0.326 e. The van der Waals surface area contributed by atoms with Crippen molar-refractivity contribution in [1.29, 1.82) is 0 Å². The monoisotopic (exact) mass is 442 g/mol. The summed E-state index contributed by atoms with van der Waals surface area (Å²) in [6, 6.07) is 5.41. The van der Waals surface area contributed by atoms with Crippen LogP contribution in [0, 0.1) is 6.92 Å². The Morgan fingerprint density at radius 2 is 1.97 bits per heavy atom. The summed E-state index contributed by atoms with van der Waals surface area (Å²) in [5.41, 5.74) is 6.62. The van der Waals surface area contributed by atoms with E-state index in [1.165, 1.54) is 6.92 Å². The number of anilines is 2. The number of carboxylic acid groups (broad SMARTS) is 1. The van der Waals surface area contributed by atoms with E-state index in [1.54, 1.807) is 37.4 Å². The van der Waals surface area contributed by atoms with E-state index < -0.39 is 17.9 Å². The van der Waals surface area contributed by atoms with Crippen molar-refractivity contribution in [2.45, 2.75) is 39.2 Å². The predicted molar refractivity (Wildman–Crippen MR) is 121 cm³/mol. The Bertz CT molecular complexity index is 1060. The molecule has 0 fully saturated rings. The number of rotatable bonds is 11. The first-order chi connectivity index (χ1) is 15.2. The predicted octanol–water partition coefficient (Wildman–Crippen LogP) is 1.42. The number of aliphatic imine (C=N–C) groups is 1. The number of ketones is 1. The second-order valence-electron chi connectivity index (χ2n) is 7.11. The van der Waals surface area contributed by atoms with E-state index in [-0.39, 0.29) is 36.0 Å². The molecule has 0 saturated heterocycles. The molecule has 11 nitrogen and oxygen atoms in total. The summed E-state index contributed by atoms with van der Waals surface area (Å²) in [6.07, 6.45) is 2.28. The molecular formula is C21H26N6O5. The number of Topliss-reactive ketones (excluding diaryl/α,β-unsaturated/α-hetero) is 1. The zero-order valence-electron chi connectivity index (χ0n) is 17.8. The van der Waals surface area contributed by atoms with Crippen LogP contribution in [0.5, 0.6) is 0 Å². The highest BCUT2D eigenvalue weighted by Crippen LogP contribution is 2.12. The van der Waals surface area contributed by atoms with Crippen LogP contribution in [0.15, 0.2) is 34.1 Å². The topological polar surface area (TPSA) is 180 Å². The van der Waals surface area contributed by atoms with Crippen molar-refractivity contribution < 1.29 is 19.5 Å². The van der Waals surface area contributed by atoms with Gasteiger partial charge in [-0.1, -0.05) is 0 Å². The van der Waals surface area contributed by atoms with Gasteiger partial charge in [-0.05, 0) is 44.5 Å². The molecule has 11 heteroatoms. The van der Waals surface area contributed by atoms with Gasteiger partial charge in [-0.3, -0.25) is 14.6 Å². The van der Waals surface area contributed by atoms with Crippen molar-refractivity contribution in [3.8, 4) is 0 Å². The van der Waals surface area contributed by atoms with Crippen LogP contribution in [0.25, 0.3) is 0 Å². The fraction of sp³-hybridized carbons (Fsp3) is 0.333. The van der Waals surface area contributed by atoms with Crippen LogP contribution in [0.3, 0.4) is 0 Å². The molecule has 1 aromatic heterocycles. The average Bonchev–Trinajstić information content (AvgIpc) is 2.74. The number of carboxylic acids is 1. The van der Waals surface area contributed by atoms with E-state index in [1.807, 2.05) is 0 Å². The molecule has 1 amide bonds. The SMILES string of the molecule is CC(=O)CCC(NC(=O)c1ccc(NCCC=Nc2nc(N)[nH]c(=O)c2C)cc1)C(=O)O. The number of nitrogens with one attached hydrogen (secondary N) is 3. The number of hydrogen-bond acceptors (Lipinski definition) is 8. The van der Waals surface area contributed by atoms with Crippen molar-refractivity contribution in [3.05, 3.63) is 45.7 Å². The lowest BCUT2D eigenvalue weighted by Crippen LogP contribution is -2.41. The molecule has 2 rings (SSSR count). The lowest BCUT2D eigenvalue weighted by molar-refractivity contribution is -0.139. The second-order valence-corrected chi connectivity index (χ2v) is 7.11. The molecule has 1 aromatic carbocycles. The number of aromatic nitrogens is 2. The van der Waals surface area contributed by atoms with Gasteiger partial charge in [0.2, 0.25) is 5.95 Å². The number of nitrogen functional groups attached to an aromatic ring is 1. The molecule has 2 aromatic rings. The maximum atomic E-state index is 12.3. The molecule has 0 spiro atoms. The van der Waals surface area contributed by atoms with Crippen LogP contribution in [0.1, 0.15) is 42.1 Å². The van der Waals surface area contributed by atoms with Crippen LogP contribution >= 0.6 is 0 Å². The molecule has 0 aliphatic rings. The first-order valence-electron chi connectivity index (χ1n) is 9.93. The summed E-state index contributed by atoms with van der Waals surface area (Å²) in [5, 5.41) is 14.8. The van der Waals surface area contributed by atoms with E-state index in [2.05, 4.69) is 25.6 Å². The third kappa shape index (κ3) is 7.35. The summed E-state index contributed by atoms with van der Waals surface area (Å²) in [4.78, 5) is 56.8. The van der Waals surface area contributed by atoms with E-state index >= 15 is 0 Å². The van der Waals surface area contributed by atoms with Gasteiger partial charge in [-0.2, -0.15) is 4.98 Å². The van der Waals surface area contributed by atoms with Crippen molar-refractivity contribution >= 4 is 41.3 Å². The van der Waals surface area contributed by atoms with E-state index in [4.69, 9.17) is 5.73 Å². The Kier molecular flexibility index (Phi) is 8.63. The minimum atomic E-state index is -1.19. The molecule has 6 N–H and O–H groups in total. The number of carbonyl (C=O) groups is 3. The van der Waals surface area contributed by atoms with Crippen LogP contribution in [0.4, 0.5) is 17.5 Å². The van der Waals surface area contributed by atoms with Crippen LogP contribution in [0.2, 0.25) is 0 Å². The Hall–Kier alpha value is -4.02. The maximum absolute atomic E-state index is 12.3. The van der Waals surface area contributed by atoms with Crippen LogP contribution in [-0.2, 0) is 9.59 Å². The number of aliphatic carboxylic acids is 1. The quantitative estimate of drug-likeness (QED) is 0.256. The lowest BCUT2D eigenvalue weighted by atomic mass is 10.1. The first-order valence-corrected chi connectivity index (χ1v) is 9.93. The molecule has 170 valence electrons. The summed E-state index contributed by atoms with van der Waals surface area (Å²) in [7, 11) is 0. The summed E-state index contributed by atoms with van der Waals surface area (Å²) in [6.45, 7) is 3.52. The van der Waals surface area contributed by atoms with Gasteiger partial charge in [-0.15, -0.1) is 0 Å². The van der Waals surface area contributed by atoms with Gasteiger partial charge < -0.3 is 26.3 Å². The van der Waals surface area contributed by atoms with E-state index in [0.717, 1.165) is 5.69 Å². The molecule has 1 heterocycles. The average molecular weight is 442 g/mol. The number of hydrogen-bond donors (Lipinski definition) is 5. The zero-order chi connectivity index (χ0) is 23.7. The van der Waals surface area contributed by atoms with E-state index in [9.17, 15) is 24.3 Å². The number of benzene rings is 1. The minimum Gasteiger partial charge on any atom is -0.480 e. The van der Waals surface area contributed by atoms with Crippen LogP contribution < -0.4 is 21.9 Å². The molecule has 1 atom stereocenters. The molecule has 1 unspecified atom stereocenters. The Morgan fingerprint density at radius 1 is 1.28 bits per heavy atom. The minimum absolute atomic E-state index is 0.00327. The molecular weight excluding hydrogens is 416 g/mol. The van der Waals surface area contributed by atoms with Crippen molar-refractivity contribution in [2.75, 3.05) is 17.6 Å². The largest absolute Gasteiger partial charge is 0.480 e. The third-order valence-corrected chi connectivity index (χ3v) is 4.50. The number of nitrogens with zero attached hydrogens (tertiary/aromatic N) is 2. The highest BCUT2D eigenvalue weighted by Gasteiger charge is 2.21. The van der Waals surface area contributed by atoms with Gasteiger partial charge in [0, 0.05) is 36.9 Å². The zero-order valence-corrected chi connectivity index (χ0v) is 17.8. The standard InChI is InChI=1S/C21H26N6O5/c1-12(28)4-9-16(20(31)32)25-19(30)14-5-7-15(8-6-14)23-10-3-11-24-17-13(2)18(29)27-21(22)26-17/h5-8,11,16,23H,3-4,9-10H2,1-2H3,(H,25,30)(H,31,32)(H3,22,26,27,29). The van der Waals surface area contributed by atoms with Crippen molar-refractivity contribution in [2.24, 2.45) is 4.99 Å². The number of carbonyl (C=O) groups excluding carboxylic acids is 2. The molecule has 0 aliphatic heterocycles. The van der Waals surface area contributed by atoms with Gasteiger partial charge in [0.05, 0.1) is 5.56 Å². The lowest BCUT2D eigenvalue weighted by Gasteiger charge is -2.14. The summed E-state index contributed by atoms with van der Waals surface area (Å²) < 4.78 is 0. The number of H-pyrrole nitrogens is 1. The van der Waals surface area contributed by atoms with Crippen molar-refractivity contribution in [1.82, 2.24) is 15.3 Å². The highest BCUT2D eigenvalue weighted by molar-refractivity contribution is 5.97. The fourth-order valence-corrected chi connectivity index (χ4v) is 2.68. The van der Waals surface area contributed by atoms with Gasteiger partial charge in [0.1, 0.15) is 11.8 Å². The highest BCUT2D eigenvalue weighted by atomic mass is 16.4. The molecule has 0 aliphatic carbocycles. The van der Waals surface area contributed by atoms with Gasteiger partial charge in [0.15, 0.2) is 5.82 Å². The van der Waals surface area contributed by atoms with Crippen LogP contribution in [-0.4, -0.2) is 51.5 Å². The molecule has 32 heavy (non-hydrogen) atoms.